The lowest BCUT2D eigenvalue weighted by atomic mass is 10.1. The Morgan fingerprint density at radius 3 is 2.70 bits per heavy atom. The summed E-state index contributed by atoms with van der Waals surface area (Å²) in [5.41, 5.74) is 1.27. The summed E-state index contributed by atoms with van der Waals surface area (Å²) in [5.74, 6) is 0.798. The molecule has 1 unspecified atom stereocenters. The highest BCUT2D eigenvalue weighted by atomic mass is 79.9. The van der Waals surface area contributed by atoms with Crippen LogP contribution in [0.5, 0.6) is 5.75 Å². The van der Waals surface area contributed by atoms with Crippen LogP contribution in [0.2, 0.25) is 5.02 Å². The molecule has 0 spiro atoms. The van der Waals surface area contributed by atoms with E-state index in [4.69, 9.17) is 16.3 Å². The summed E-state index contributed by atoms with van der Waals surface area (Å²) in [7, 11) is 1.95. The molecule has 2 rings (SSSR count). The Morgan fingerprint density at radius 1 is 1.20 bits per heavy atom. The highest BCUT2D eigenvalue weighted by molar-refractivity contribution is 9.10. The summed E-state index contributed by atoms with van der Waals surface area (Å²) in [6, 6.07) is 16.0. The monoisotopic (exact) mass is 353 g/mol. The van der Waals surface area contributed by atoms with Gasteiger partial charge in [-0.25, -0.2) is 0 Å². The number of rotatable bonds is 6. The standard InChI is InChI=1S/C16H17BrClNO/c1-19-15(9-12-4-2-5-13(17)8-12)11-20-16-7-3-6-14(18)10-16/h2-8,10,15,19H,9,11H2,1H3. The van der Waals surface area contributed by atoms with Crippen LogP contribution in [0.3, 0.4) is 0 Å². The zero-order chi connectivity index (χ0) is 14.4. The molecule has 0 aromatic heterocycles. The van der Waals surface area contributed by atoms with Crippen molar-refractivity contribution in [3.8, 4) is 5.75 Å². The fraction of sp³-hybridized carbons (Fsp3) is 0.250. The highest BCUT2D eigenvalue weighted by Gasteiger charge is 2.09. The second-order valence-electron chi connectivity index (χ2n) is 4.59. The van der Waals surface area contributed by atoms with Gasteiger partial charge in [-0.1, -0.05) is 45.7 Å². The van der Waals surface area contributed by atoms with E-state index in [1.807, 2.05) is 43.4 Å². The quantitative estimate of drug-likeness (QED) is 0.834. The molecule has 0 saturated heterocycles. The number of hydrogen-bond acceptors (Lipinski definition) is 2. The number of nitrogens with one attached hydrogen (secondary N) is 1. The molecular formula is C16H17BrClNO. The molecule has 0 fully saturated rings. The van der Waals surface area contributed by atoms with Crippen LogP contribution in [0, 0.1) is 0 Å². The summed E-state index contributed by atoms with van der Waals surface area (Å²) >= 11 is 9.43. The predicted octanol–water partition coefficient (Wildman–Crippen LogP) is 4.31. The molecule has 0 radical (unpaired) electrons. The first kappa shape index (κ1) is 15.4. The molecule has 2 aromatic carbocycles. The molecule has 0 amide bonds. The minimum absolute atomic E-state index is 0.253. The summed E-state index contributed by atoms with van der Waals surface area (Å²) in [6.45, 7) is 0.601. The summed E-state index contributed by atoms with van der Waals surface area (Å²) < 4.78 is 6.88. The number of hydrogen-bond donors (Lipinski definition) is 1. The van der Waals surface area contributed by atoms with E-state index in [0.29, 0.717) is 11.6 Å². The van der Waals surface area contributed by atoms with Crippen molar-refractivity contribution in [3.05, 3.63) is 63.6 Å². The molecule has 2 nitrogen and oxygen atoms in total. The van der Waals surface area contributed by atoms with Crippen molar-refractivity contribution in [2.45, 2.75) is 12.5 Å². The molecule has 4 heteroatoms. The average Bonchev–Trinajstić information content (AvgIpc) is 2.43. The van der Waals surface area contributed by atoms with Crippen molar-refractivity contribution < 1.29 is 4.74 Å². The lowest BCUT2D eigenvalue weighted by Crippen LogP contribution is -2.33. The maximum atomic E-state index is 5.94. The number of benzene rings is 2. The van der Waals surface area contributed by atoms with Crippen LogP contribution >= 0.6 is 27.5 Å². The van der Waals surface area contributed by atoms with Crippen LogP contribution in [-0.2, 0) is 6.42 Å². The van der Waals surface area contributed by atoms with Gasteiger partial charge in [-0.15, -0.1) is 0 Å². The maximum Gasteiger partial charge on any atom is 0.120 e. The Labute approximate surface area is 133 Å². The highest BCUT2D eigenvalue weighted by Crippen LogP contribution is 2.18. The summed E-state index contributed by atoms with van der Waals surface area (Å²) in [4.78, 5) is 0. The third-order valence-electron chi connectivity index (χ3n) is 3.03. The van der Waals surface area contributed by atoms with Gasteiger partial charge in [0.1, 0.15) is 12.4 Å². The molecule has 0 bridgehead atoms. The number of likely N-dealkylation sites (N-methyl/N-ethyl adjacent to an activating group) is 1. The Balaban J connectivity index is 1.92. The first-order valence-electron chi connectivity index (χ1n) is 6.47. The van der Waals surface area contributed by atoms with Gasteiger partial charge < -0.3 is 10.1 Å². The van der Waals surface area contributed by atoms with Gasteiger partial charge in [0.15, 0.2) is 0 Å². The Hall–Kier alpha value is -1.03. The predicted molar refractivity (Wildman–Crippen MR) is 87.6 cm³/mol. The Bertz CT molecular complexity index is 562. The zero-order valence-electron chi connectivity index (χ0n) is 11.3. The summed E-state index contributed by atoms with van der Waals surface area (Å²) in [5, 5.41) is 3.97. The van der Waals surface area contributed by atoms with Crippen LogP contribution < -0.4 is 10.1 Å². The fourth-order valence-corrected chi connectivity index (χ4v) is 2.57. The molecule has 0 aliphatic rings. The van der Waals surface area contributed by atoms with Crippen LogP contribution in [0.1, 0.15) is 5.56 Å². The van der Waals surface area contributed by atoms with E-state index in [9.17, 15) is 0 Å². The molecule has 20 heavy (non-hydrogen) atoms. The number of ether oxygens (including phenoxy) is 1. The normalized spacial score (nSPS) is 12.2. The smallest absolute Gasteiger partial charge is 0.120 e. The van der Waals surface area contributed by atoms with Gasteiger partial charge in [-0.05, 0) is 49.4 Å². The van der Waals surface area contributed by atoms with Crippen LogP contribution in [0.4, 0.5) is 0 Å². The average molecular weight is 355 g/mol. The van der Waals surface area contributed by atoms with E-state index in [1.54, 1.807) is 0 Å². The lowest BCUT2D eigenvalue weighted by Gasteiger charge is -2.17. The van der Waals surface area contributed by atoms with Gasteiger partial charge in [0.05, 0.1) is 0 Å². The fourth-order valence-electron chi connectivity index (χ4n) is 1.95. The Kier molecular flexibility index (Phi) is 5.89. The van der Waals surface area contributed by atoms with Crippen LogP contribution in [-0.4, -0.2) is 19.7 Å². The van der Waals surface area contributed by atoms with E-state index in [1.165, 1.54) is 5.56 Å². The van der Waals surface area contributed by atoms with E-state index in [-0.39, 0.29) is 6.04 Å². The first-order chi connectivity index (χ1) is 9.67. The molecule has 0 saturated carbocycles. The van der Waals surface area contributed by atoms with Gasteiger partial charge in [0, 0.05) is 15.5 Å². The maximum absolute atomic E-state index is 5.94. The largest absolute Gasteiger partial charge is 0.492 e. The lowest BCUT2D eigenvalue weighted by molar-refractivity contribution is 0.270. The van der Waals surface area contributed by atoms with E-state index in [0.717, 1.165) is 16.6 Å². The van der Waals surface area contributed by atoms with Crippen molar-refractivity contribution in [2.75, 3.05) is 13.7 Å². The van der Waals surface area contributed by atoms with Crippen molar-refractivity contribution >= 4 is 27.5 Å². The van der Waals surface area contributed by atoms with Gasteiger partial charge in [0.2, 0.25) is 0 Å². The van der Waals surface area contributed by atoms with Gasteiger partial charge in [-0.2, -0.15) is 0 Å². The molecule has 1 N–H and O–H groups in total. The molecule has 0 heterocycles. The van der Waals surface area contributed by atoms with Crippen LogP contribution in [0.25, 0.3) is 0 Å². The van der Waals surface area contributed by atoms with Gasteiger partial charge in [-0.3, -0.25) is 0 Å². The van der Waals surface area contributed by atoms with Gasteiger partial charge >= 0.3 is 0 Å². The topological polar surface area (TPSA) is 21.3 Å². The van der Waals surface area contributed by atoms with E-state index in [2.05, 4.69) is 33.4 Å². The minimum Gasteiger partial charge on any atom is -0.492 e. The Morgan fingerprint density at radius 2 is 2.00 bits per heavy atom. The zero-order valence-corrected chi connectivity index (χ0v) is 13.6. The molecule has 1 atom stereocenters. The second-order valence-corrected chi connectivity index (χ2v) is 5.94. The van der Waals surface area contributed by atoms with Gasteiger partial charge in [0.25, 0.3) is 0 Å². The van der Waals surface area contributed by atoms with Crippen molar-refractivity contribution in [1.82, 2.24) is 5.32 Å². The third-order valence-corrected chi connectivity index (χ3v) is 3.75. The number of halogens is 2. The molecule has 106 valence electrons. The van der Waals surface area contributed by atoms with E-state index >= 15 is 0 Å². The molecular weight excluding hydrogens is 338 g/mol. The molecule has 0 aliphatic heterocycles. The van der Waals surface area contributed by atoms with Crippen molar-refractivity contribution in [2.24, 2.45) is 0 Å². The van der Waals surface area contributed by atoms with Crippen LogP contribution in [0.15, 0.2) is 53.0 Å². The molecule has 0 aliphatic carbocycles. The van der Waals surface area contributed by atoms with Crippen molar-refractivity contribution in [1.29, 1.82) is 0 Å². The van der Waals surface area contributed by atoms with Crippen molar-refractivity contribution in [3.63, 3.8) is 0 Å². The minimum atomic E-state index is 0.253. The summed E-state index contributed by atoms with van der Waals surface area (Å²) in [6.07, 6.45) is 0.913. The third kappa shape index (κ3) is 4.82. The first-order valence-corrected chi connectivity index (χ1v) is 7.64. The molecule has 2 aromatic rings. The SMILES string of the molecule is CNC(COc1cccc(Cl)c1)Cc1cccc(Br)c1. The van der Waals surface area contributed by atoms with E-state index < -0.39 is 0 Å². The second kappa shape index (κ2) is 7.67.